The molecule has 7 heteroatoms. The molecule has 1 heterocycles. The van der Waals surface area contributed by atoms with E-state index in [9.17, 15) is 13.2 Å². The number of rotatable bonds is 5. The number of nitrogens with zero attached hydrogens (tertiary/aromatic N) is 1. The van der Waals surface area contributed by atoms with Crippen molar-refractivity contribution in [2.45, 2.75) is 18.6 Å². The average Bonchev–Trinajstić information content (AvgIpc) is 2.94. The van der Waals surface area contributed by atoms with Crippen molar-refractivity contribution < 1.29 is 17.9 Å². The highest BCUT2D eigenvalue weighted by Gasteiger charge is 2.35. The Kier molecular flexibility index (Phi) is 4.84. The van der Waals surface area contributed by atoms with Crippen LogP contribution < -0.4 is 10.1 Å². The van der Waals surface area contributed by atoms with Gasteiger partial charge in [-0.1, -0.05) is 12.1 Å². The number of thiazole rings is 1. The second kappa shape index (κ2) is 6.44. The van der Waals surface area contributed by atoms with Crippen molar-refractivity contribution in [1.29, 1.82) is 0 Å². The van der Waals surface area contributed by atoms with Crippen LogP contribution in [0.2, 0.25) is 0 Å². The lowest BCUT2D eigenvalue weighted by Crippen LogP contribution is -2.17. The van der Waals surface area contributed by atoms with Crippen molar-refractivity contribution in [2.24, 2.45) is 0 Å². The van der Waals surface area contributed by atoms with Crippen LogP contribution in [-0.2, 0) is 12.6 Å². The van der Waals surface area contributed by atoms with Gasteiger partial charge in [0, 0.05) is 17.1 Å². The molecule has 0 aliphatic rings. The summed E-state index contributed by atoms with van der Waals surface area (Å²) in [4.78, 5) is 4.02. The van der Waals surface area contributed by atoms with Gasteiger partial charge in [0.15, 0.2) is 5.01 Å². The van der Waals surface area contributed by atoms with Crippen molar-refractivity contribution in [3.05, 3.63) is 45.9 Å². The molecule has 0 saturated carbocycles. The summed E-state index contributed by atoms with van der Waals surface area (Å²) >= 11 is 0.672. The molecular weight excluding hydrogens is 301 g/mol. The van der Waals surface area contributed by atoms with Gasteiger partial charge in [-0.15, -0.1) is 11.3 Å². The van der Waals surface area contributed by atoms with Crippen LogP contribution in [0.25, 0.3) is 0 Å². The summed E-state index contributed by atoms with van der Waals surface area (Å²) < 4.78 is 43.0. The first-order chi connectivity index (χ1) is 9.94. The fraction of sp³-hybridized carbons (Fsp3) is 0.357. The number of ether oxygens (including phenoxy) is 1. The molecule has 1 aromatic carbocycles. The van der Waals surface area contributed by atoms with Crippen LogP contribution in [0.4, 0.5) is 13.2 Å². The summed E-state index contributed by atoms with van der Waals surface area (Å²) in [5.41, 5.74) is 0.982. The van der Waals surface area contributed by atoms with E-state index in [1.54, 1.807) is 14.2 Å². The van der Waals surface area contributed by atoms with E-state index < -0.39 is 11.2 Å². The molecule has 2 aromatic rings. The summed E-state index contributed by atoms with van der Waals surface area (Å²) in [6.07, 6.45) is -2.54. The Hall–Kier alpha value is -1.60. The number of hydrogen-bond donors (Lipinski definition) is 1. The van der Waals surface area contributed by atoms with E-state index in [4.69, 9.17) is 4.74 Å². The number of hydrogen-bond acceptors (Lipinski definition) is 4. The molecular formula is C14H15F3N2OS. The van der Waals surface area contributed by atoms with Gasteiger partial charge in [0.1, 0.15) is 5.75 Å². The Morgan fingerprint density at radius 1 is 1.38 bits per heavy atom. The second-order valence-electron chi connectivity index (χ2n) is 4.46. The molecule has 0 aliphatic carbocycles. The molecule has 0 aliphatic heterocycles. The Bertz CT molecular complexity index is 598. The topological polar surface area (TPSA) is 34.1 Å². The van der Waals surface area contributed by atoms with Gasteiger partial charge in [-0.2, -0.15) is 13.2 Å². The molecule has 1 unspecified atom stereocenters. The molecule has 2 rings (SSSR count). The summed E-state index contributed by atoms with van der Waals surface area (Å²) in [5, 5.41) is 2.22. The number of halogens is 3. The standard InChI is InChI=1S/C14H15F3N2OS/c1-18-11(7-9-4-3-5-10(6-9)20-2)12-8-19-13(21-12)14(15,16)17/h3-6,8,11,18H,7H2,1-2H3. The fourth-order valence-electron chi connectivity index (χ4n) is 1.96. The number of benzene rings is 1. The molecule has 0 saturated heterocycles. The predicted molar refractivity (Wildman–Crippen MR) is 75.6 cm³/mol. The molecule has 1 atom stereocenters. The third kappa shape index (κ3) is 3.95. The number of methoxy groups -OCH3 is 1. The van der Waals surface area contributed by atoms with Gasteiger partial charge >= 0.3 is 6.18 Å². The Balaban J connectivity index is 2.17. The Labute approximate surface area is 124 Å². The monoisotopic (exact) mass is 316 g/mol. The Morgan fingerprint density at radius 2 is 2.14 bits per heavy atom. The van der Waals surface area contributed by atoms with Gasteiger partial charge in [-0.3, -0.25) is 0 Å². The van der Waals surface area contributed by atoms with Crippen LogP contribution in [0.15, 0.2) is 30.5 Å². The lowest BCUT2D eigenvalue weighted by atomic mass is 10.1. The van der Waals surface area contributed by atoms with Crippen LogP contribution in [0.3, 0.4) is 0 Å². The van der Waals surface area contributed by atoms with E-state index in [0.29, 0.717) is 22.6 Å². The van der Waals surface area contributed by atoms with E-state index in [0.717, 1.165) is 11.3 Å². The van der Waals surface area contributed by atoms with Crippen LogP contribution >= 0.6 is 11.3 Å². The van der Waals surface area contributed by atoms with Crippen molar-refractivity contribution >= 4 is 11.3 Å². The second-order valence-corrected chi connectivity index (χ2v) is 5.52. The van der Waals surface area contributed by atoms with E-state index in [1.807, 2.05) is 24.3 Å². The molecule has 1 aromatic heterocycles. The first-order valence-corrected chi connectivity index (χ1v) is 7.09. The number of nitrogens with one attached hydrogen (secondary N) is 1. The summed E-state index contributed by atoms with van der Waals surface area (Å²) in [6, 6.07) is 7.25. The number of aromatic nitrogens is 1. The zero-order valence-corrected chi connectivity index (χ0v) is 12.4. The first kappa shape index (κ1) is 15.8. The highest BCUT2D eigenvalue weighted by Crippen LogP contribution is 2.35. The normalized spacial score (nSPS) is 13.2. The van der Waals surface area contributed by atoms with Crippen LogP contribution in [0.1, 0.15) is 21.5 Å². The largest absolute Gasteiger partial charge is 0.497 e. The zero-order valence-electron chi connectivity index (χ0n) is 11.6. The molecule has 21 heavy (non-hydrogen) atoms. The Morgan fingerprint density at radius 3 is 2.71 bits per heavy atom. The maximum absolute atomic E-state index is 12.6. The highest BCUT2D eigenvalue weighted by atomic mass is 32.1. The molecule has 114 valence electrons. The molecule has 0 radical (unpaired) electrons. The van der Waals surface area contributed by atoms with Crippen molar-refractivity contribution in [2.75, 3.05) is 14.2 Å². The third-order valence-corrected chi connectivity index (χ3v) is 4.19. The molecule has 0 amide bonds. The molecule has 0 fully saturated rings. The van der Waals surface area contributed by atoms with E-state index in [2.05, 4.69) is 10.3 Å². The predicted octanol–water partition coefficient (Wildman–Crippen LogP) is 3.67. The van der Waals surface area contributed by atoms with Crippen molar-refractivity contribution in [3.8, 4) is 5.75 Å². The minimum Gasteiger partial charge on any atom is -0.497 e. The third-order valence-electron chi connectivity index (χ3n) is 3.03. The van der Waals surface area contributed by atoms with E-state index in [1.165, 1.54) is 6.20 Å². The van der Waals surface area contributed by atoms with Gasteiger partial charge in [0.2, 0.25) is 0 Å². The molecule has 0 bridgehead atoms. The van der Waals surface area contributed by atoms with E-state index in [-0.39, 0.29) is 6.04 Å². The molecule has 3 nitrogen and oxygen atoms in total. The number of alkyl halides is 3. The van der Waals surface area contributed by atoms with E-state index >= 15 is 0 Å². The van der Waals surface area contributed by atoms with Gasteiger partial charge in [-0.25, -0.2) is 4.98 Å². The van der Waals surface area contributed by atoms with Crippen molar-refractivity contribution in [1.82, 2.24) is 10.3 Å². The summed E-state index contributed by atoms with van der Waals surface area (Å²) in [6.45, 7) is 0. The maximum Gasteiger partial charge on any atom is 0.443 e. The van der Waals surface area contributed by atoms with Crippen LogP contribution in [0.5, 0.6) is 5.75 Å². The zero-order chi connectivity index (χ0) is 15.5. The van der Waals surface area contributed by atoms with Gasteiger partial charge in [-0.05, 0) is 31.2 Å². The maximum atomic E-state index is 12.6. The quantitative estimate of drug-likeness (QED) is 0.914. The molecule has 1 N–H and O–H groups in total. The summed E-state index contributed by atoms with van der Waals surface area (Å²) in [5.74, 6) is 0.725. The molecule has 0 spiro atoms. The van der Waals surface area contributed by atoms with Crippen LogP contribution in [-0.4, -0.2) is 19.1 Å². The average molecular weight is 316 g/mol. The van der Waals surface area contributed by atoms with Gasteiger partial charge < -0.3 is 10.1 Å². The number of likely N-dealkylation sites (N-methyl/N-ethyl adjacent to an activating group) is 1. The lowest BCUT2D eigenvalue weighted by molar-refractivity contribution is -0.137. The fourth-order valence-corrected chi connectivity index (χ4v) is 2.85. The lowest BCUT2D eigenvalue weighted by Gasteiger charge is -2.14. The van der Waals surface area contributed by atoms with Gasteiger partial charge in [0.05, 0.1) is 7.11 Å². The van der Waals surface area contributed by atoms with Gasteiger partial charge in [0.25, 0.3) is 0 Å². The van der Waals surface area contributed by atoms with Crippen LogP contribution in [0, 0.1) is 0 Å². The highest BCUT2D eigenvalue weighted by molar-refractivity contribution is 7.11. The van der Waals surface area contributed by atoms with Crippen molar-refractivity contribution in [3.63, 3.8) is 0 Å². The minimum atomic E-state index is -4.39. The SMILES string of the molecule is CNC(Cc1cccc(OC)c1)c1cnc(C(F)(F)F)s1. The first-order valence-electron chi connectivity index (χ1n) is 6.27. The minimum absolute atomic E-state index is 0.217. The smallest absolute Gasteiger partial charge is 0.443 e. The summed E-state index contributed by atoms with van der Waals surface area (Å²) in [7, 11) is 3.30.